The van der Waals surface area contributed by atoms with E-state index in [0.717, 1.165) is 5.56 Å². The van der Waals surface area contributed by atoms with Gasteiger partial charge in [0.25, 0.3) is 0 Å². The third kappa shape index (κ3) is 3.32. The highest BCUT2D eigenvalue weighted by Gasteiger charge is 2.35. The summed E-state index contributed by atoms with van der Waals surface area (Å²) in [7, 11) is 0. The number of aliphatic hydroxyl groups excluding tert-OH is 1. The third-order valence-electron chi connectivity index (χ3n) is 2.59. The number of carboxylic acid groups (broad SMARTS) is 1. The van der Waals surface area contributed by atoms with Gasteiger partial charge in [-0.3, -0.25) is 0 Å². The van der Waals surface area contributed by atoms with Crippen molar-refractivity contribution in [3.63, 3.8) is 0 Å². The Hall–Kier alpha value is -1.39. The van der Waals surface area contributed by atoms with Crippen molar-refractivity contribution >= 4 is 5.97 Å². The fourth-order valence-electron chi connectivity index (χ4n) is 1.44. The second-order valence-corrected chi connectivity index (χ2v) is 4.08. The van der Waals surface area contributed by atoms with Gasteiger partial charge in [0, 0.05) is 0 Å². The van der Waals surface area contributed by atoms with Crippen LogP contribution in [0.4, 0.5) is 0 Å². The fraction of sp³-hybridized carbons (Fsp3) is 0.417. The van der Waals surface area contributed by atoms with Gasteiger partial charge in [0.2, 0.25) is 0 Å². The van der Waals surface area contributed by atoms with Gasteiger partial charge in [-0.25, -0.2) is 4.79 Å². The van der Waals surface area contributed by atoms with Gasteiger partial charge < -0.3 is 15.3 Å². The van der Waals surface area contributed by atoms with Gasteiger partial charge in [0.1, 0.15) is 0 Å². The van der Waals surface area contributed by atoms with Crippen LogP contribution in [0.2, 0.25) is 0 Å². The van der Waals surface area contributed by atoms with Crippen LogP contribution in [-0.4, -0.2) is 33.0 Å². The molecule has 0 saturated heterocycles. The van der Waals surface area contributed by atoms with Gasteiger partial charge in [-0.05, 0) is 25.3 Å². The second kappa shape index (κ2) is 5.09. The Kier molecular flexibility index (Phi) is 4.04. The highest BCUT2D eigenvalue weighted by atomic mass is 16.4. The van der Waals surface area contributed by atoms with E-state index in [-0.39, 0.29) is 6.42 Å². The first-order chi connectivity index (χ1) is 7.43. The number of carboxylic acids is 1. The number of hydrogen-bond donors (Lipinski definition) is 3. The van der Waals surface area contributed by atoms with E-state index >= 15 is 0 Å². The van der Waals surface area contributed by atoms with Crippen LogP contribution in [-0.2, 0) is 11.2 Å². The van der Waals surface area contributed by atoms with Crippen LogP contribution < -0.4 is 0 Å². The van der Waals surface area contributed by atoms with Gasteiger partial charge in [0.15, 0.2) is 6.10 Å². The molecular weight excluding hydrogens is 208 g/mol. The fourth-order valence-corrected chi connectivity index (χ4v) is 1.44. The summed E-state index contributed by atoms with van der Waals surface area (Å²) < 4.78 is 0. The molecule has 0 heterocycles. The molecule has 0 aliphatic rings. The van der Waals surface area contributed by atoms with Crippen molar-refractivity contribution in [3.05, 3.63) is 35.9 Å². The predicted octanol–water partition coefficient (Wildman–Crippen LogP) is 0.816. The van der Waals surface area contributed by atoms with E-state index in [2.05, 4.69) is 0 Å². The first kappa shape index (κ1) is 12.7. The quantitative estimate of drug-likeness (QED) is 0.691. The Labute approximate surface area is 94.2 Å². The molecule has 0 fully saturated rings. The summed E-state index contributed by atoms with van der Waals surface area (Å²) in [6.45, 7) is 1.33. The van der Waals surface area contributed by atoms with Gasteiger partial charge in [-0.2, -0.15) is 0 Å². The standard InChI is InChI=1S/C12H16O4/c1-12(16,10(13)11(14)15)8-7-9-5-3-2-4-6-9/h2-6,10,13,16H,7-8H2,1H3,(H,14,15)/t10-,12?/m1/s1. The molecule has 0 aromatic heterocycles. The molecule has 16 heavy (non-hydrogen) atoms. The first-order valence-electron chi connectivity index (χ1n) is 5.10. The molecule has 88 valence electrons. The molecule has 0 bridgehead atoms. The molecule has 1 rings (SSSR count). The molecular formula is C12H16O4. The zero-order valence-electron chi connectivity index (χ0n) is 9.13. The number of benzene rings is 1. The maximum atomic E-state index is 10.5. The lowest BCUT2D eigenvalue weighted by atomic mass is 9.91. The molecule has 0 spiro atoms. The molecule has 1 aromatic rings. The Morgan fingerprint density at radius 1 is 1.38 bits per heavy atom. The van der Waals surface area contributed by atoms with E-state index in [9.17, 15) is 15.0 Å². The average Bonchev–Trinajstić information content (AvgIpc) is 2.27. The van der Waals surface area contributed by atoms with Gasteiger partial charge >= 0.3 is 5.97 Å². The number of rotatable bonds is 5. The van der Waals surface area contributed by atoms with Gasteiger partial charge in [0.05, 0.1) is 5.60 Å². The predicted molar refractivity (Wildman–Crippen MR) is 59.0 cm³/mol. The Bertz CT molecular complexity index is 345. The second-order valence-electron chi connectivity index (χ2n) is 4.08. The summed E-state index contributed by atoms with van der Waals surface area (Å²) in [6.07, 6.45) is -1.03. The van der Waals surface area contributed by atoms with E-state index in [1.165, 1.54) is 6.92 Å². The van der Waals surface area contributed by atoms with E-state index in [1.807, 2.05) is 30.3 Å². The van der Waals surface area contributed by atoms with Crippen LogP contribution in [0.3, 0.4) is 0 Å². The minimum absolute atomic E-state index is 0.199. The molecule has 1 aromatic carbocycles. The largest absolute Gasteiger partial charge is 0.479 e. The summed E-state index contributed by atoms with van der Waals surface area (Å²) in [5.41, 5.74) is -0.609. The topological polar surface area (TPSA) is 77.8 Å². The van der Waals surface area contributed by atoms with Crippen molar-refractivity contribution in [2.45, 2.75) is 31.5 Å². The van der Waals surface area contributed by atoms with E-state index in [0.29, 0.717) is 6.42 Å². The lowest BCUT2D eigenvalue weighted by Crippen LogP contribution is -2.44. The van der Waals surface area contributed by atoms with E-state index < -0.39 is 17.7 Å². The SMILES string of the molecule is CC(O)(CCc1ccccc1)[C@H](O)C(=O)O. The normalized spacial score (nSPS) is 16.4. The van der Waals surface area contributed by atoms with E-state index in [4.69, 9.17) is 5.11 Å². The summed E-state index contributed by atoms with van der Waals surface area (Å²) in [6, 6.07) is 9.41. The van der Waals surface area contributed by atoms with Crippen LogP contribution in [0.5, 0.6) is 0 Å². The molecule has 0 aliphatic heterocycles. The molecule has 1 unspecified atom stereocenters. The molecule has 4 heteroatoms. The zero-order valence-corrected chi connectivity index (χ0v) is 9.13. The Morgan fingerprint density at radius 3 is 2.44 bits per heavy atom. The smallest absolute Gasteiger partial charge is 0.335 e. The Morgan fingerprint density at radius 2 is 1.94 bits per heavy atom. The summed E-state index contributed by atoms with van der Waals surface area (Å²) >= 11 is 0. The molecule has 4 nitrogen and oxygen atoms in total. The summed E-state index contributed by atoms with van der Waals surface area (Å²) in [4.78, 5) is 10.5. The molecule has 2 atom stereocenters. The molecule has 0 aliphatic carbocycles. The lowest BCUT2D eigenvalue weighted by Gasteiger charge is -2.26. The number of hydrogen-bond acceptors (Lipinski definition) is 3. The number of aliphatic hydroxyl groups is 2. The highest BCUT2D eigenvalue weighted by molar-refractivity contribution is 5.73. The van der Waals surface area contributed by atoms with Gasteiger partial charge in [-0.15, -0.1) is 0 Å². The van der Waals surface area contributed by atoms with Crippen LogP contribution in [0, 0.1) is 0 Å². The molecule has 0 amide bonds. The van der Waals surface area contributed by atoms with Gasteiger partial charge in [-0.1, -0.05) is 30.3 Å². The summed E-state index contributed by atoms with van der Waals surface area (Å²) in [5.74, 6) is -1.40. The van der Waals surface area contributed by atoms with Crippen molar-refractivity contribution in [1.29, 1.82) is 0 Å². The number of aliphatic carboxylic acids is 1. The van der Waals surface area contributed by atoms with Crippen molar-refractivity contribution < 1.29 is 20.1 Å². The molecule has 0 radical (unpaired) electrons. The van der Waals surface area contributed by atoms with Crippen LogP contribution in [0.1, 0.15) is 18.9 Å². The number of carbonyl (C=O) groups is 1. The lowest BCUT2D eigenvalue weighted by molar-refractivity contribution is -0.161. The summed E-state index contributed by atoms with van der Waals surface area (Å²) in [5, 5.41) is 27.7. The van der Waals surface area contributed by atoms with Crippen LogP contribution in [0.25, 0.3) is 0 Å². The first-order valence-corrected chi connectivity index (χ1v) is 5.10. The van der Waals surface area contributed by atoms with Crippen molar-refractivity contribution in [2.24, 2.45) is 0 Å². The number of aryl methyl sites for hydroxylation is 1. The average molecular weight is 224 g/mol. The monoisotopic (exact) mass is 224 g/mol. The minimum Gasteiger partial charge on any atom is -0.479 e. The van der Waals surface area contributed by atoms with Crippen molar-refractivity contribution in [1.82, 2.24) is 0 Å². The maximum Gasteiger partial charge on any atom is 0.335 e. The minimum atomic E-state index is -1.75. The molecule has 3 N–H and O–H groups in total. The van der Waals surface area contributed by atoms with Crippen molar-refractivity contribution in [3.8, 4) is 0 Å². The maximum absolute atomic E-state index is 10.5. The highest BCUT2D eigenvalue weighted by Crippen LogP contribution is 2.18. The van der Waals surface area contributed by atoms with Crippen molar-refractivity contribution in [2.75, 3.05) is 0 Å². The Balaban J connectivity index is 2.57. The van der Waals surface area contributed by atoms with E-state index in [1.54, 1.807) is 0 Å². The van der Waals surface area contributed by atoms with Crippen LogP contribution in [0.15, 0.2) is 30.3 Å². The zero-order chi connectivity index (χ0) is 12.2. The molecule has 0 saturated carbocycles. The third-order valence-corrected chi connectivity index (χ3v) is 2.59. The van der Waals surface area contributed by atoms with Crippen LogP contribution >= 0.6 is 0 Å².